The Morgan fingerprint density at radius 3 is 2.69 bits per heavy atom. The molecule has 3 N–H and O–H groups in total. The van der Waals surface area contributed by atoms with E-state index >= 15 is 0 Å². The normalized spacial score (nSPS) is 13.3. The summed E-state index contributed by atoms with van der Waals surface area (Å²) in [6.07, 6.45) is 3.49. The lowest BCUT2D eigenvalue weighted by molar-refractivity contribution is 0.267. The molecule has 0 amide bonds. The van der Waals surface area contributed by atoms with Crippen molar-refractivity contribution < 1.29 is 5.11 Å². The quantitative estimate of drug-likeness (QED) is 0.734. The number of aliphatic hydroxyl groups excluding tert-OH is 1. The molecule has 0 bridgehead atoms. The maximum Gasteiger partial charge on any atom is 0.0625 e. The summed E-state index contributed by atoms with van der Waals surface area (Å²) >= 11 is 0. The highest BCUT2D eigenvalue weighted by Gasteiger charge is 2.11. The lowest BCUT2D eigenvalue weighted by atomic mass is 9.95. The minimum Gasteiger partial charge on any atom is -0.394 e. The Hall–Kier alpha value is -0.930. The van der Waals surface area contributed by atoms with Crippen molar-refractivity contribution in [1.29, 1.82) is 0 Å². The van der Waals surface area contributed by atoms with Crippen LogP contribution in [0.3, 0.4) is 0 Å². The van der Waals surface area contributed by atoms with Crippen LogP contribution < -0.4 is 5.73 Å². The number of pyridine rings is 1. The van der Waals surface area contributed by atoms with Crippen LogP contribution in [0.4, 0.5) is 0 Å². The van der Waals surface area contributed by atoms with Crippen LogP contribution >= 0.6 is 0 Å². The second-order valence-corrected chi connectivity index (χ2v) is 3.45. The standard InChI is InChI=1S/C10H16N2O/c1-7(2)8-3-4-12-5-9(8)10(11)6-13/h3-5,7,10,13H,6,11H2,1-2H3. The summed E-state index contributed by atoms with van der Waals surface area (Å²) in [6.45, 7) is 4.16. The Balaban J connectivity index is 3.04. The van der Waals surface area contributed by atoms with Gasteiger partial charge in [-0.1, -0.05) is 13.8 Å². The Morgan fingerprint density at radius 1 is 1.46 bits per heavy atom. The number of rotatable bonds is 3. The number of nitrogens with two attached hydrogens (primary N) is 1. The molecule has 72 valence electrons. The molecule has 1 aromatic heterocycles. The van der Waals surface area contributed by atoms with Gasteiger partial charge in [0.2, 0.25) is 0 Å². The van der Waals surface area contributed by atoms with Gasteiger partial charge in [-0.3, -0.25) is 4.98 Å². The maximum absolute atomic E-state index is 8.94. The van der Waals surface area contributed by atoms with Crippen molar-refractivity contribution in [2.75, 3.05) is 6.61 Å². The summed E-state index contributed by atoms with van der Waals surface area (Å²) in [5, 5.41) is 8.94. The number of aliphatic hydroxyl groups is 1. The second-order valence-electron chi connectivity index (χ2n) is 3.45. The van der Waals surface area contributed by atoms with Crippen LogP contribution in [0.1, 0.15) is 36.9 Å². The van der Waals surface area contributed by atoms with Gasteiger partial charge in [-0.25, -0.2) is 0 Å². The third kappa shape index (κ3) is 2.26. The SMILES string of the molecule is CC(C)c1ccncc1C(N)CO. The van der Waals surface area contributed by atoms with Crippen molar-refractivity contribution >= 4 is 0 Å². The van der Waals surface area contributed by atoms with E-state index in [1.54, 1.807) is 12.4 Å². The van der Waals surface area contributed by atoms with E-state index in [9.17, 15) is 0 Å². The van der Waals surface area contributed by atoms with Crippen LogP contribution in [0, 0.1) is 0 Å². The molecular weight excluding hydrogens is 164 g/mol. The first-order chi connectivity index (χ1) is 6.16. The highest BCUT2D eigenvalue weighted by atomic mass is 16.3. The summed E-state index contributed by atoms with van der Waals surface area (Å²) in [4.78, 5) is 4.01. The monoisotopic (exact) mass is 180 g/mol. The molecule has 13 heavy (non-hydrogen) atoms. The van der Waals surface area contributed by atoms with Gasteiger partial charge in [-0.05, 0) is 23.1 Å². The molecule has 1 heterocycles. The van der Waals surface area contributed by atoms with Crippen molar-refractivity contribution in [3.05, 3.63) is 29.6 Å². The van der Waals surface area contributed by atoms with Gasteiger partial charge >= 0.3 is 0 Å². The fraction of sp³-hybridized carbons (Fsp3) is 0.500. The van der Waals surface area contributed by atoms with Crippen LogP contribution in [-0.4, -0.2) is 16.7 Å². The van der Waals surface area contributed by atoms with E-state index in [4.69, 9.17) is 10.8 Å². The average Bonchev–Trinajstić information content (AvgIpc) is 2.16. The van der Waals surface area contributed by atoms with Gasteiger partial charge in [-0.2, -0.15) is 0 Å². The Kier molecular flexibility index (Phi) is 3.39. The first-order valence-electron chi connectivity index (χ1n) is 4.47. The van der Waals surface area contributed by atoms with Gasteiger partial charge in [-0.15, -0.1) is 0 Å². The number of hydrogen-bond donors (Lipinski definition) is 2. The Bertz CT molecular complexity index is 273. The molecule has 3 nitrogen and oxygen atoms in total. The van der Waals surface area contributed by atoms with Crippen LogP contribution in [0.5, 0.6) is 0 Å². The first-order valence-corrected chi connectivity index (χ1v) is 4.47. The summed E-state index contributed by atoms with van der Waals surface area (Å²) in [5.74, 6) is 0.413. The number of aromatic nitrogens is 1. The minimum absolute atomic E-state index is 0.0363. The van der Waals surface area contributed by atoms with Gasteiger partial charge < -0.3 is 10.8 Å². The predicted octanol–water partition coefficient (Wildman–Crippen LogP) is 1.20. The molecule has 0 aliphatic heterocycles. The van der Waals surface area contributed by atoms with E-state index in [1.807, 2.05) is 6.07 Å². The molecule has 0 spiro atoms. The maximum atomic E-state index is 8.94. The van der Waals surface area contributed by atoms with Gasteiger partial charge in [0.25, 0.3) is 0 Å². The average molecular weight is 180 g/mol. The van der Waals surface area contributed by atoms with Gasteiger partial charge in [0.05, 0.1) is 12.6 Å². The zero-order valence-electron chi connectivity index (χ0n) is 8.07. The molecule has 0 saturated heterocycles. The summed E-state index contributed by atoms with van der Waals surface area (Å²) in [7, 11) is 0. The van der Waals surface area contributed by atoms with Crippen molar-refractivity contribution in [3.8, 4) is 0 Å². The molecule has 0 fully saturated rings. The topological polar surface area (TPSA) is 59.1 Å². The van der Waals surface area contributed by atoms with E-state index in [1.165, 1.54) is 0 Å². The van der Waals surface area contributed by atoms with Gasteiger partial charge in [0.1, 0.15) is 0 Å². The van der Waals surface area contributed by atoms with Crippen molar-refractivity contribution in [2.24, 2.45) is 5.73 Å². The van der Waals surface area contributed by atoms with E-state index in [0.717, 1.165) is 11.1 Å². The third-order valence-electron chi connectivity index (χ3n) is 2.11. The largest absolute Gasteiger partial charge is 0.394 e. The fourth-order valence-electron chi connectivity index (χ4n) is 1.35. The van der Waals surface area contributed by atoms with E-state index in [0.29, 0.717) is 5.92 Å². The van der Waals surface area contributed by atoms with Gasteiger partial charge in [0.15, 0.2) is 0 Å². The van der Waals surface area contributed by atoms with Gasteiger partial charge in [0, 0.05) is 12.4 Å². The van der Waals surface area contributed by atoms with Crippen LogP contribution in [0.15, 0.2) is 18.5 Å². The number of hydrogen-bond acceptors (Lipinski definition) is 3. The van der Waals surface area contributed by atoms with Crippen molar-refractivity contribution in [1.82, 2.24) is 4.98 Å². The molecule has 0 aromatic carbocycles. The summed E-state index contributed by atoms with van der Waals surface area (Å²) < 4.78 is 0. The summed E-state index contributed by atoms with van der Waals surface area (Å²) in [6, 6.07) is 1.64. The molecule has 1 rings (SSSR count). The zero-order valence-corrected chi connectivity index (χ0v) is 8.07. The Morgan fingerprint density at radius 2 is 2.15 bits per heavy atom. The van der Waals surface area contributed by atoms with Crippen LogP contribution in [-0.2, 0) is 0 Å². The van der Waals surface area contributed by atoms with Crippen LogP contribution in [0.25, 0.3) is 0 Å². The van der Waals surface area contributed by atoms with Crippen LogP contribution in [0.2, 0.25) is 0 Å². The molecule has 1 aromatic rings. The lowest BCUT2D eigenvalue weighted by Gasteiger charge is -2.15. The Labute approximate surface area is 78.6 Å². The molecule has 1 atom stereocenters. The summed E-state index contributed by atoms with van der Waals surface area (Å²) in [5.41, 5.74) is 7.85. The first kappa shape index (κ1) is 10.2. The highest BCUT2D eigenvalue weighted by molar-refractivity contribution is 5.29. The van der Waals surface area contributed by atoms with Crippen molar-refractivity contribution in [2.45, 2.75) is 25.8 Å². The third-order valence-corrected chi connectivity index (χ3v) is 2.11. The fourth-order valence-corrected chi connectivity index (χ4v) is 1.35. The van der Waals surface area contributed by atoms with E-state index in [-0.39, 0.29) is 12.6 Å². The smallest absolute Gasteiger partial charge is 0.0625 e. The van der Waals surface area contributed by atoms with E-state index in [2.05, 4.69) is 18.8 Å². The minimum atomic E-state index is -0.314. The predicted molar refractivity (Wildman–Crippen MR) is 52.3 cm³/mol. The second kappa shape index (κ2) is 4.35. The highest BCUT2D eigenvalue weighted by Crippen LogP contribution is 2.22. The molecule has 0 saturated carbocycles. The number of nitrogens with zero attached hydrogens (tertiary/aromatic N) is 1. The molecule has 0 aliphatic carbocycles. The lowest BCUT2D eigenvalue weighted by Crippen LogP contribution is -2.17. The molecule has 0 radical (unpaired) electrons. The van der Waals surface area contributed by atoms with E-state index < -0.39 is 0 Å². The molecule has 0 aliphatic rings. The van der Waals surface area contributed by atoms with Crippen molar-refractivity contribution in [3.63, 3.8) is 0 Å². The molecular formula is C10H16N2O. The zero-order chi connectivity index (χ0) is 9.84. The molecule has 3 heteroatoms. The molecule has 1 unspecified atom stereocenters.